The summed E-state index contributed by atoms with van der Waals surface area (Å²) in [6.07, 6.45) is 2.79. The van der Waals surface area contributed by atoms with Gasteiger partial charge >= 0.3 is 5.97 Å². The predicted octanol–water partition coefficient (Wildman–Crippen LogP) is 2.75. The lowest BCUT2D eigenvalue weighted by molar-refractivity contribution is -0.137. The molecule has 0 atom stereocenters. The van der Waals surface area contributed by atoms with Crippen LogP contribution in [0.1, 0.15) is 40.0 Å². The van der Waals surface area contributed by atoms with Gasteiger partial charge in [-0.05, 0) is 50.3 Å². The number of aromatic nitrogens is 1. The van der Waals surface area contributed by atoms with Gasteiger partial charge in [0.1, 0.15) is 12.2 Å². The van der Waals surface area contributed by atoms with Crippen LogP contribution in [0.3, 0.4) is 0 Å². The lowest BCUT2D eigenvalue weighted by atomic mass is 9.99. The van der Waals surface area contributed by atoms with Gasteiger partial charge in [0, 0.05) is 19.0 Å². The average Bonchev–Trinajstić information content (AvgIpc) is 2.74. The van der Waals surface area contributed by atoms with Gasteiger partial charge in [0.05, 0.1) is 5.52 Å². The molecule has 5 nitrogen and oxygen atoms in total. The minimum atomic E-state index is -0.929. The molecular weight excluding hydrogens is 292 g/mol. The maximum atomic E-state index is 12.9. The molecular formula is C18H22N2O3. The zero-order valence-electron chi connectivity index (χ0n) is 13.8. The molecule has 0 fully saturated rings. The number of hydrogen-bond acceptors (Lipinski definition) is 2. The summed E-state index contributed by atoms with van der Waals surface area (Å²) in [5.41, 5.74) is 4.59. The normalized spacial score (nSPS) is 15.4. The Morgan fingerprint density at radius 2 is 2.00 bits per heavy atom. The van der Waals surface area contributed by atoms with Crippen molar-refractivity contribution >= 4 is 22.8 Å². The Morgan fingerprint density at radius 1 is 1.26 bits per heavy atom. The highest BCUT2D eigenvalue weighted by atomic mass is 16.4. The number of hydrogen-bond donors (Lipinski definition) is 1. The van der Waals surface area contributed by atoms with E-state index >= 15 is 0 Å². The molecule has 1 aromatic heterocycles. The number of carboxylic acids is 1. The Morgan fingerprint density at radius 3 is 2.70 bits per heavy atom. The van der Waals surface area contributed by atoms with E-state index in [0.717, 1.165) is 46.9 Å². The number of carbonyl (C=O) groups excluding carboxylic acids is 1. The Kier molecular flexibility index (Phi) is 3.88. The van der Waals surface area contributed by atoms with Crippen molar-refractivity contribution in [2.75, 3.05) is 13.6 Å². The number of amides is 1. The highest BCUT2D eigenvalue weighted by Crippen LogP contribution is 2.33. The zero-order chi connectivity index (χ0) is 16.7. The lowest BCUT2D eigenvalue weighted by Gasteiger charge is -2.22. The third-order valence-electron chi connectivity index (χ3n) is 4.61. The molecule has 23 heavy (non-hydrogen) atoms. The molecule has 5 heteroatoms. The molecule has 3 rings (SSSR count). The number of benzene rings is 1. The van der Waals surface area contributed by atoms with Gasteiger partial charge in [-0.1, -0.05) is 11.6 Å². The van der Waals surface area contributed by atoms with Gasteiger partial charge < -0.3 is 14.6 Å². The molecule has 0 radical (unpaired) electrons. The van der Waals surface area contributed by atoms with E-state index < -0.39 is 5.97 Å². The maximum absolute atomic E-state index is 12.9. The van der Waals surface area contributed by atoms with E-state index in [1.165, 1.54) is 0 Å². The Hall–Kier alpha value is -2.30. The fourth-order valence-electron chi connectivity index (χ4n) is 3.67. The third kappa shape index (κ3) is 2.60. The molecule has 0 saturated carbocycles. The van der Waals surface area contributed by atoms with Crippen LogP contribution in [0.25, 0.3) is 10.9 Å². The van der Waals surface area contributed by atoms with Crippen LogP contribution in [0.4, 0.5) is 0 Å². The van der Waals surface area contributed by atoms with E-state index in [-0.39, 0.29) is 12.5 Å². The number of aryl methyl sites for hydroxylation is 3. The Bertz CT molecular complexity index is 804. The van der Waals surface area contributed by atoms with Crippen LogP contribution < -0.4 is 0 Å². The molecule has 0 unspecified atom stereocenters. The second-order valence-corrected chi connectivity index (χ2v) is 6.47. The first-order valence-corrected chi connectivity index (χ1v) is 7.99. The standard InChI is InChI=1S/C18H22N2O3/c1-11-8-12(2)16-14(9-11)13-6-4-5-7-19(3)18(23)17(13)20(16)10-15(21)22/h8-9H,4-7,10H2,1-3H3,(H,21,22). The molecule has 1 aliphatic heterocycles. The molecule has 2 heterocycles. The summed E-state index contributed by atoms with van der Waals surface area (Å²) in [5.74, 6) is -1.00. The lowest BCUT2D eigenvalue weighted by Crippen LogP contribution is -2.32. The molecule has 122 valence electrons. The van der Waals surface area contributed by atoms with E-state index in [9.17, 15) is 14.7 Å². The molecule has 0 aliphatic carbocycles. The number of fused-ring (bicyclic) bond motifs is 3. The van der Waals surface area contributed by atoms with Crippen molar-refractivity contribution in [1.29, 1.82) is 0 Å². The summed E-state index contributed by atoms with van der Waals surface area (Å²) in [5, 5.41) is 10.4. The Labute approximate surface area is 135 Å². The SMILES string of the molecule is Cc1cc(C)c2c(c1)c1c(n2CC(=O)O)C(=O)N(C)CCCC1. The average molecular weight is 314 g/mol. The van der Waals surface area contributed by atoms with Crippen LogP contribution >= 0.6 is 0 Å². The highest BCUT2D eigenvalue weighted by molar-refractivity contribution is 6.03. The summed E-state index contributed by atoms with van der Waals surface area (Å²) in [6, 6.07) is 4.12. The second kappa shape index (κ2) is 5.72. The maximum Gasteiger partial charge on any atom is 0.323 e. The first-order chi connectivity index (χ1) is 10.9. The summed E-state index contributed by atoms with van der Waals surface area (Å²) in [7, 11) is 1.79. The molecule has 0 spiro atoms. The van der Waals surface area contributed by atoms with Crippen LogP contribution in [0, 0.1) is 13.8 Å². The fourth-order valence-corrected chi connectivity index (χ4v) is 3.67. The van der Waals surface area contributed by atoms with E-state index in [1.807, 2.05) is 19.9 Å². The molecule has 2 aromatic rings. The van der Waals surface area contributed by atoms with Gasteiger partial charge in [-0.2, -0.15) is 0 Å². The molecule has 1 N–H and O–H groups in total. The molecule has 1 aliphatic rings. The molecule has 0 bridgehead atoms. The summed E-state index contributed by atoms with van der Waals surface area (Å²) >= 11 is 0. The second-order valence-electron chi connectivity index (χ2n) is 6.47. The van der Waals surface area contributed by atoms with E-state index in [0.29, 0.717) is 12.2 Å². The van der Waals surface area contributed by atoms with Gasteiger partial charge in [-0.3, -0.25) is 9.59 Å². The molecule has 1 aromatic carbocycles. The van der Waals surface area contributed by atoms with Crippen molar-refractivity contribution in [3.63, 3.8) is 0 Å². The summed E-state index contributed by atoms with van der Waals surface area (Å²) in [6.45, 7) is 4.54. The monoisotopic (exact) mass is 314 g/mol. The number of nitrogens with zero attached hydrogens (tertiary/aromatic N) is 2. The number of carboxylic acid groups (broad SMARTS) is 1. The molecule has 1 amide bonds. The zero-order valence-corrected chi connectivity index (χ0v) is 13.8. The van der Waals surface area contributed by atoms with Gasteiger partial charge in [-0.15, -0.1) is 0 Å². The minimum Gasteiger partial charge on any atom is -0.480 e. The van der Waals surface area contributed by atoms with Crippen molar-refractivity contribution in [3.8, 4) is 0 Å². The van der Waals surface area contributed by atoms with Gasteiger partial charge in [0.15, 0.2) is 0 Å². The quantitative estimate of drug-likeness (QED) is 0.927. The number of carbonyl (C=O) groups is 2. The van der Waals surface area contributed by atoms with E-state index in [4.69, 9.17) is 0 Å². The Balaban J connectivity index is 2.39. The van der Waals surface area contributed by atoms with Crippen molar-refractivity contribution in [2.45, 2.75) is 39.7 Å². The largest absolute Gasteiger partial charge is 0.480 e. The van der Waals surface area contributed by atoms with Gasteiger partial charge in [-0.25, -0.2) is 0 Å². The van der Waals surface area contributed by atoms with Crippen molar-refractivity contribution in [3.05, 3.63) is 34.5 Å². The van der Waals surface area contributed by atoms with Crippen molar-refractivity contribution < 1.29 is 14.7 Å². The van der Waals surface area contributed by atoms with Crippen molar-refractivity contribution in [2.24, 2.45) is 0 Å². The third-order valence-corrected chi connectivity index (χ3v) is 4.61. The highest BCUT2D eigenvalue weighted by Gasteiger charge is 2.28. The van der Waals surface area contributed by atoms with Crippen LogP contribution in [0.5, 0.6) is 0 Å². The number of rotatable bonds is 2. The van der Waals surface area contributed by atoms with Gasteiger partial charge in [0.2, 0.25) is 0 Å². The summed E-state index contributed by atoms with van der Waals surface area (Å²) < 4.78 is 1.70. The van der Waals surface area contributed by atoms with E-state index in [2.05, 4.69) is 6.07 Å². The number of aliphatic carboxylic acids is 1. The van der Waals surface area contributed by atoms with Crippen LogP contribution in [-0.2, 0) is 17.8 Å². The van der Waals surface area contributed by atoms with Crippen molar-refractivity contribution in [1.82, 2.24) is 9.47 Å². The summed E-state index contributed by atoms with van der Waals surface area (Å²) in [4.78, 5) is 25.9. The first-order valence-electron chi connectivity index (χ1n) is 7.99. The van der Waals surface area contributed by atoms with Crippen LogP contribution in [0.15, 0.2) is 12.1 Å². The topological polar surface area (TPSA) is 62.5 Å². The minimum absolute atomic E-state index is 0.0748. The van der Waals surface area contributed by atoms with Crippen LogP contribution in [-0.4, -0.2) is 40.0 Å². The van der Waals surface area contributed by atoms with E-state index in [1.54, 1.807) is 16.5 Å². The van der Waals surface area contributed by atoms with Gasteiger partial charge in [0.25, 0.3) is 5.91 Å². The first kappa shape index (κ1) is 15.6. The fraction of sp³-hybridized carbons (Fsp3) is 0.444. The smallest absolute Gasteiger partial charge is 0.323 e. The van der Waals surface area contributed by atoms with Crippen LogP contribution in [0.2, 0.25) is 0 Å². The predicted molar refractivity (Wildman–Crippen MR) is 88.9 cm³/mol. The molecule has 0 saturated heterocycles.